The highest BCUT2D eigenvalue weighted by atomic mass is 31.0. The van der Waals surface area contributed by atoms with Crippen molar-refractivity contribution in [3.05, 3.63) is 24.3 Å². The van der Waals surface area contributed by atoms with Crippen LogP contribution in [0.1, 0.15) is 20.3 Å². The Labute approximate surface area is 156 Å². The molecular weight excluding hydrogens is 380 g/mol. The molecule has 0 aliphatic carbocycles. The molecule has 1 aromatic heterocycles. The van der Waals surface area contributed by atoms with Gasteiger partial charge in [-0.15, -0.1) is 14.3 Å². The van der Waals surface area contributed by atoms with Crippen molar-refractivity contribution in [1.29, 1.82) is 0 Å². The molecule has 4 atom stereocenters. The van der Waals surface area contributed by atoms with Gasteiger partial charge in [0.15, 0.2) is 0 Å². The summed E-state index contributed by atoms with van der Waals surface area (Å²) in [6.07, 6.45) is -4.39. The molecule has 0 saturated carbocycles. The van der Waals surface area contributed by atoms with E-state index in [1.54, 1.807) is 6.92 Å². The molecule has 27 heavy (non-hydrogen) atoms. The standard InChI is InChI=1S/C17H20F3N4O2P/c1-9(15(25)24-8-7-13(10(24)2)17(18,19)20)21-16-23-22-14(26-16)11-3-5-12(27)6-4-11/h3-6,9-10,13H,7-8,27H2,1-2H3,(H,21,23)/t9-,10?,13?/m1/s1. The number of carbonyl (C=O) groups excluding carboxylic acids is 1. The first kappa shape index (κ1) is 19.6. The van der Waals surface area contributed by atoms with Gasteiger partial charge in [0.2, 0.25) is 11.8 Å². The second-order valence-electron chi connectivity index (χ2n) is 6.61. The number of amides is 1. The fourth-order valence-corrected chi connectivity index (χ4v) is 3.40. The Morgan fingerprint density at radius 3 is 2.59 bits per heavy atom. The number of hydrogen-bond donors (Lipinski definition) is 1. The minimum absolute atomic E-state index is 0.0417. The van der Waals surface area contributed by atoms with Crippen molar-refractivity contribution in [3.8, 4) is 11.5 Å². The van der Waals surface area contributed by atoms with Crippen LogP contribution in [-0.2, 0) is 4.79 Å². The van der Waals surface area contributed by atoms with E-state index < -0.39 is 30.1 Å². The first-order valence-electron chi connectivity index (χ1n) is 8.50. The van der Waals surface area contributed by atoms with Gasteiger partial charge in [0.1, 0.15) is 6.04 Å². The molecule has 1 fully saturated rings. The third kappa shape index (κ3) is 4.24. The fraction of sp³-hybridized carbons (Fsp3) is 0.471. The van der Waals surface area contributed by atoms with E-state index in [0.29, 0.717) is 0 Å². The number of nitrogens with one attached hydrogen (secondary N) is 1. The topological polar surface area (TPSA) is 71.3 Å². The van der Waals surface area contributed by atoms with Crippen LogP contribution >= 0.6 is 9.24 Å². The van der Waals surface area contributed by atoms with Gasteiger partial charge in [-0.25, -0.2) is 0 Å². The summed E-state index contributed by atoms with van der Waals surface area (Å²) in [7, 11) is 2.57. The smallest absolute Gasteiger partial charge is 0.393 e. The maximum atomic E-state index is 13.0. The Morgan fingerprint density at radius 2 is 2.00 bits per heavy atom. The van der Waals surface area contributed by atoms with Crippen LogP contribution in [0.2, 0.25) is 0 Å². The molecule has 1 amide bonds. The highest BCUT2D eigenvalue weighted by Crippen LogP contribution is 2.38. The summed E-state index contributed by atoms with van der Waals surface area (Å²) >= 11 is 0. The molecule has 0 radical (unpaired) electrons. The zero-order valence-corrected chi connectivity index (χ0v) is 16.0. The van der Waals surface area contributed by atoms with Crippen LogP contribution in [0, 0.1) is 5.92 Å². The van der Waals surface area contributed by atoms with E-state index in [0.717, 1.165) is 10.9 Å². The summed E-state index contributed by atoms with van der Waals surface area (Å²) in [6.45, 7) is 3.06. The van der Waals surface area contributed by atoms with E-state index in [9.17, 15) is 18.0 Å². The first-order valence-corrected chi connectivity index (χ1v) is 9.07. The maximum Gasteiger partial charge on any atom is 0.393 e. The van der Waals surface area contributed by atoms with E-state index in [1.165, 1.54) is 11.8 Å². The Morgan fingerprint density at radius 1 is 1.33 bits per heavy atom. The van der Waals surface area contributed by atoms with E-state index >= 15 is 0 Å². The number of nitrogens with zero attached hydrogens (tertiary/aromatic N) is 3. The van der Waals surface area contributed by atoms with Crippen molar-refractivity contribution >= 4 is 26.5 Å². The number of aromatic nitrogens is 2. The monoisotopic (exact) mass is 400 g/mol. The molecule has 0 bridgehead atoms. The molecule has 0 spiro atoms. The van der Waals surface area contributed by atoms with Crippen LogP contribution in [0.25, 0.3) is 11.5 Å². The Balaban J connectivity index is 1.65. The van der Waals surface area contributed by atoms with Crippen molar-refractivity contribution in [2.24, 2.45) is 5.92 Å². The van der Waals surface area contributed by atoms with Crippen LogP contribution in [0.4, 0.5) is 19.2 Å². The number of rotatable bonds is 4. The lowest BCUT2D eigenvalue weighted by molar-refractivity contribution is -0.179. The van der Waals surface area contributed by atoms with Crippen molar-refractivity contribution in [1.82, 2.24) is 15.1 Å². The Hall–Kier alpha value is -2.15. The maximum absolute atomic E-state index is 13.0. The summed E-state index contributed by atoms with van der Waals surface area (Å²) < 4.78 is 44.5. The molecule has 1 aliphatic rings. The number of halogens is 3. The fourth-order valence-electron chi connectivity index (χ4n) is 3.21. The average Bonchev–Trinajstić information content (AvgIpc) is 3.21. The number of likely N-dealkylation sites (tertiary alicyclic amines) is 1. The summed E-state index contributed by atoms with van der Waals surface area (Å²) in [6, 6.07) is 5.73. The second-order valence-corrected chi connectivity index (χ2v) is 7.28. The van der Waals surface area contributed by atoms with E-state index in [1.807, 2.05) is 24.3 Å². The van der Waals surface area contributed by atoms with E-state index in [2.05, 4.69) is 24.8 Å². The largest absolute Gasteiger partial charge is 0.403 e. The van der Waals surface area contributed by atoms with Gasteiger partial charge in [0, 0.05) is 18.2 Å². The predicted molar refractivity (Wildman–Crippen MR) is 97.5 cm³/mol. The van der Waals surface area contributed by atoms with Gasteiger partial charge >= 0.3 is 12.2 Å². The lowest BCUT2D eigenvalue weighted by atomic mass is 10.0. The summed E-state index contributed by atoms with van der Waals surface area (Å²) in [5.41, 5.74) is 0.724. The third-order valence-corrected chi connectivity index (χ3v) is 5.14. The summed E-state index contributed by atoms with van der Waals surface area (Å²) in [5, 5.41) is 11.6. The molecule has 1 aromatic carbocycles. The zero-order valence-electron chi connectivity index (χ0n) is 14.8. The van der Waals surface area contributed by atoms with Crippen LogP contribution in [-0.4, -0.2) is 45.8 Å². The minimum atomic E-state index is -4.31. The Kier molecular flexibility index (Phi) is 5.42. The van der Waals surface area contributed by atoms with Crippen molar-refractivity contribution < 1.29 is 22.4 Å². The van der Waals surface area contributed by atoms with Gasteiger partial charge in [-0.3, -0.25) is 4.79 Å². The summed E-state index contributed by atoms with van der Waals surface area (Å²) in [4.78, 5) is 13.8. The van der Waals surface area contributed by atoms with Crippen molar-refractivity contribution in [2.45, 2.75) is 38.5 Å². The lowest BCUT2D eigenvalue weighted by Crippen LogP contribution is -2.45. The van der Waals surface area contributed by atoms with Gasteiger partial charge in [-0.1, -0.05) is 17.2 Å². The molecule has 146 valence electrons. The normalized spacial score (nSPS) is 21.3. The molecule has 2 aromatic rings. The third-order valence-electron chi connectivity index (χ3n) is 4.75. The second kappa shape index (κ2) is 7.46. The quantitative estimate of drug-likeness (QED) is 0.800. The van der Waals surface area contributed by atoms with Crippen molar-refractivity contribution in [2.75, 3.05) is 11.9 Å². The van der Waals surface area contributed by atoms with E-state index in [4.69, 9.17) is 4.42 Å². The number of carbonyl (C=O) groups is 1. The molecule has 1 N–H and O–H groups in total. The zero-order chi connectivity index (χ0) is 19.8. The van der Waals surface area contributed by atoms with Gasteiger partial charge in [-0.2, -0.15) is 13.2 Å². The van der Waals surface area contributed by atoms with Crippen LogP contribution in [0.15, 0.2) is 28.7 Å². The number of hydrogen-bond acceptors (Lipinski definition) is 5. The molecule has 1 saturated heterocycles. The molecule has 6 nitrogen and oxygen atoms in total. The lowest BCUT2D eigenvalue weighted by Gasteiger charge is -2.28. The van der Waals surface area contributed by atoms with E-state index in [-0.39, 0.29) is 24.9 Å². The average molecular weight is 400 g/mol. The molecular formula is C17H20F3N4O2P. The highest BCUT2D eigenvalue weighted by molar-refractivity contribution is 7.27. The molecule has 1 aliphatic heterocycles. The minimum Gasteiger partial charge on any atom is -0.403 e. The van der Waals surface area contributed by atoms with Crippen LogP contribution in [0.3, 0.4) is 0 Å². The van der Waals surface area contributed by atoms with Crippen LogP contribution < -0.4 is 10.6 Å². The van der Waals surface area contributed by atoms with Crippen molar-refractivity contribution in [3.63, 3.8) is 0 Å². The first-order chi connectivity index (χ1) is 12.7. The van der Waals surface area contributed by atoms with Gasteiger partial charge in [-0.05, 0) is 37.7 Å². The van der Waals surface area contributed by atoms with Crippen LogP contribution in [0.5, 0.6) is 0 Å². The number of anilines is 1. The SMILES string of the molecule is CC1C(C(F)(F)F)CCN1C(=O)[C@@H](C)Nc1nnc(-c2ccc(P)cc2)o1. The summed E-state index contributed by atoms with van der Waals surface area (Å²) in [5.74, 6) is -1.64. The van der Waals surface area contributed by atoms with Gasteiger partial charge < -0.3 is 14.6 Å². The van der Waals surface area contributed by atoms with Gasteiger partial charge in [0.25, 0.3) is 0 Å². The number of benzene rings is 1. The Bertz CT molecular complexity index is 809. The molecule has 10 heteroatoms. The highest BCUT2D eigenvalue weighted by Gasteiger charge is 2.49. The molecule has 3 rings (SSSR count). The molecule has 2 heterocycles. The van der Waals surface area contributed by atoms with Gasteiger partial charge in [0.05, 0.1) is 5.92 Å². The number of alkyl halides is 3. The molecule has 3 unspecified atom stereocenters. The predicted octanol–water partition coefficient (Wildman–Crippen LogP) is 2.84.